The summed E-state index contributed by atoms with van der Waals surface area (Å²) < 4.78 is 1.78. The standard InChI is InChI=1S/C16H11ClN4O/c1-11-19-13(6-5-12-7-8-18-14(17)9-12)10-21(11)15-3-2-4-16(22)20-15/h2-4,7-10H,1H3,(H,20,22). The van der Waals surface area contributed by atoms with Crippen molar-refractivity contribution in [1.82, 2.24) is 19.5 Å². The predicted molar refractivity (Wildman–Crippen MR) is 84.1 cm³/mol. The van der Waals surface area contributed by atoms with Crippen molar-refractivity contribution >= 4 is 11.6 Å². The second kappa shape index (κ2) is 5.88. The van der Waals surface area contributed by atoms with E-state index >= 15 is 0 Å². The Kier molecular flexibility index (Phi) is 3.77. The van der Waals surface area contributed by atoms with Crippen molar-refractivity contribution in [3.8, 4) is 17.7 Å². The minimum atomic E-state index is -0.162. The second-order valence-corrected chi connectivity index (χ2v) is 4.95. The summed E-state index contributed by atoms with van der Waals surface area (Å²) >= 11 is 5.82. The van der Waals surface area contributed by atoms with Gasteiger partial charge in [0.15, 0.2) is 0 Å². The highest BCUT2D eigenvalue weighted by atomic mass is 35.5. The lowest BCUT2D eigenvalue weighted by Crippen LogP contribution is -2.08. The zero-order valence-electron chi connectivity index (χ0n) is 11.7. The molecule has 3 heterocycles. The third-order valence-electron chi connectivity index (χ3n) is 2.96. The molecule has 0 radical (unpaired) electrons. The number of imidazole rings is 1. The molecule has 108 valence electrons. The fraction of sp³-hybridized carbons (Fsp3) is 0.0625. The quantitative estimate of drug-likeness (QED) is 0.554. The Morgan fingerprint density at radius 1 is 1.27 bits per heavy atom. The number of aryl methyl sites for hydroxylation is 1. The Labute approximate surface area is 131 Å². The molecule has 0 aromatic carbocycles. The fourth-order valence-electron chi connectivity index (χ4n) is 1.97. The molecule has 5 nitrogen and oxygen atoms in total. The molecule has 0 amide bonds. The summed E-state index contributed by atoms with van der Waals surface area (Å²) in [6, 6.07) is 8.42. The van der Waals surface area contributed by atoms with E-state index in [0.29, 0.717) is 16.7 Å². The van der Waals surface area contributed by atoms with Crippen molar-refractivity contribution < 1.29 is 0 Å². The van der Waals surface area contributed by atoms with Crippen LogP contribution in [0.3, 0.4) is 0 Å². The zero-order valence-corrected chi connectivity index (χ0v) is 12.4. The van der Waals surface area contributed by atoms with Gasteiger partial charge >= 0.3 is 0 Å². The van der Waals surface area contributed by atoms with Gasteiger partial charge in [0.2, 0.25) is 5.56 Å². The number of nitrogens with one attached hydrogen (secondary N) is 1. The highest BCUT2D eigenvalue weighted by molar-refractivity contribution is 6.29. The van der Waals surface area contributed by atoms with E-state index in [1.807, 2.05) is 6.92 Å². The number of pyridine rings is 2. The van der Waals surface area contributed by atoms with E-state index < -0.39 is 0 Å². The Bertz CT molecular complexity index is 946. The van der Waals surface area contributed by atoms with Crippen molar-refractivity contribution in [2.75, 3.05) is 0 Å². The Morgan fingerprint density at radius 2 is 2.14 bits per heavy atom. The first-order valence-corrected chi connectivity index (χ1v) is 6.89. The molecular weight excluding hydrogens is 300 g/mol. The maximum absolute atomic E-state index is 11.4. The molecule has 22 heavy (non-hydrogen) atoms. The van der Waals surface area contributed by atoms with Gasteiger partial charge < -0.3 is 4.98 Å². The van der Waals surface area contributed by atoms with Crippen LogP contribution < -0.4 is 5.56 Å². The van der Waals surface area contributed by atoms with Crippen LogP contribution in [0.4, 0.5) is 0 Å². The molecule has 0 unspecified atom stereocenters. The van der Waals surface area contributed by atoms with Gasteiger partial charge in [-0.2, -0.15) is 0 Å². The number of hydrogen-bond acceptors (Lipinski definition) is 3. The molecule has 1 N–H and O–H groups in total. The van der Waals surface area contributed by atoms with E-state index in [1.165, 1.54) is 6.07 Å². The highest BCUT2D eigenvalue weighted by Gasteiger charge is 2.04. The molecule has 0 aliphatic rings. The minimum Gasteiger partial charge on any atom is -0.308 e. The normalized spacial score (nSPS) is 10.1. The van der Waals surface area contributed by atoms with Crippen LogP contribution in [-0.2, 0) is 0 Å². The Morgan fingerprint density at radius 3 is 2.91 bits per heavy atom. The molecule has 3 aromatic heterocycles. The molecule has 0 saturated heterocycles. The van der Waals surface area contributed by atoms with Crippen LogP contribution in [0.5, 0.6) is 0 Å². The largest absolute Gasteiger partial charge is 0.308 e. The first-order chi connectivity index (χ1) is 10.6. The zero-order chi connectivity index (χ0) is 15.5. The first-order valence-electron chi connectivity index (χ1n) is 6.51. The lowest BCUT2D eigenvalue weighted by atomic mass is 10.3. The third-order valence-corrected chi connectivity index (χ3v) is 3.16. The molecule has 0 aliphatic heterocycles. The molecular formula is C16H11ClN4O. The van der Waals surface area contributed by atoms with Crippen LogP contribution in [0.2, 0.25) is 5.15 Å². The van der Waals surface area contributed by atoms with Gasteiger partial charge in [-0.1, -0.05) is 23.6 Å². The van der Waals surface area contributed by atoms with Crippen molar-refractivity contribution in [3.63, 3.8) is 0 Å². The van der Waals surface area contributed by atoms with Crippen molar-refractivity contribution in [1.29, 1.82) is 0 Å². The molecule has 0 fully saturated rings. The van der Waals surface area contributed by atoms with Gasteiger partial charge in [-0.15, -0.1) is 0 Å². The van der Waals surface area contributed by atoms with Crippen LogP contribution in [0.25, 0.3) is 5.82 Å². The molecule has 3 rings (SSSR count). The number of halogens is 1. The van der Waals surface area contributed by atoms with E-state index in [-0.39, 0.29) is 5.56 Å². The number of hydrogen-bond donors (Lipinski definition) is 1. The molecule has 0 aliphatic carbocycles. The average Bonchev–Trinajstić information content (AvgIpc) is 2.86. The number of aromatic nitrogens is 4. The molecule has 3 aromatic rings. The fourth-order valence-corrected chi connectivity index (χ4v) is 2.14. The summed E-state index contributed by atoms with van der Waals surface area (Å²) in [5.41, 5.74) is 1.21. The Balaban J connectivity index is 1.95. The minimum absolute atomic E-state index is 0.162. The van der Waals surface area contributed by atoms with Gasteiger partial charge in [-0.05, 0) is 31.0 Å². The molecule has 0 saturated carbocycles. The molecule has 0 bridgehead atoms. The summed E-state index contributed by atoms with van der Waals surface area (Å²) in [4.78, 5) is 22.4. The molecule has 6 heteroatoms. The van der Waals surface area contributed by atoms with E-state index in [4.69, 9.17) is 11.6 Å². The number of rotatable bonds is 1. The van der Waals surface area contributed by atoms with Gasteiger partial charge in [0.1, 0.15) is 22.5 Å². The topological polar surface area (TPSA) is 63.6 Å². The van der Waals surface area contributed by atoms with Gasteiger partial charge in [-0.25, -0.2) is 9.97 Å². The van der Waals surface area contributed by atoms with E-state index in [2.05, 4.69) is 26.8 Å². The second-order valence-electron chi connectivity index (χ2n) is 4.56. The molecule has 0 spiro atoms. The van der Waals surface area contributed by atoms with E-state index in [1.54, 1.807) is 41.2 Å². The summed E-state index contributed by atoms with van der Waals surface area (Å²) in [5.74, 6) is 7.34. The number of aromatic amines is 1. The van der Waals surface area contributed by atoms with Crippen LogP contribution in [0, 0.1) is 18.8 Å². The van der Waals surface area contributed by atoms with Gasteiger partial charge in [-0.3, -0.25) is 9.36 Å². The van der Waals surface area contributed by atoms with E-state index in [0.717, 1.165) is 11.4 Å². The monoisotopic (exact) mass is 310 g/mol. The smallest absolute Gasteiger partial charge is 0.249 e. The number of nitrogens with zero attached hydrogens (tertiary/aromatic N) is 3. The maximum atomic E-state index is 11.4. The predicted octanol–water partition coefficient (Wildman–Crippen LogP) is 2.32. The van der Waals surface area contributed by atoms with Crippen LogP contribution in [0.1, 0.15) is 17.1 Å². The molecule has 0 atom stereocenters. The summed E-state index contributed by atoms with van der Waals surface area (Å²) in [5, 5.41) is 0.398. The van der Waals surface area contributed by atoms with Gasteiger partial charge in [0, 0.05) is 24.0 Å². The van der Waals surface area contributed by atoms with Crippen LogP contribution in [-0.4, -0.2) is 19.5 Å². The Hall–Kier alpha value is -2.84. The van der Waals surface area contributed by atoms with Crippen molar-refractivity contribution in [3.05, 3.63) is 75.3 Å². The van der Waals surface area contributed by atoms with Crippen molar-refractivity contribution in [2.45, 2.75) is 6.92 Å². The van der Waals surface area contributed by atoms with E-state index in [9.17, 15) is 4.79 Å². The average molecular weight is 311 g/mol. The summed E-state index contributed by atoms with van der Waals surface area (Å²) in [6.07, 6.45) is 3.38. The van der Waals surface area contributed by atoms with Crippen LogP contribution >= 0.6 is 11.6 Å². The van der Waals surface area contributed by atoms with Crippen molar-refractivity contribution in [2.24, 2.45) is 0 Å². The first kappa shape index (κ1) is 14.1. The highest BCUT2D eigenvalue weighted by Crippen LogP contribution is 2.09. The SMILES string of the molecule is Cc1nc(C#Cc2ccnc(Cl)c2)cn1-c1cccc(=O)[nH]1. The maximum Gasteiger partial charge on any atom is 0.249 e. The lowest BCUT2D eigenvalue weighted by Gasteiger charge is -2.02. The summed E-state index contributed by atoms with van der Waals surface area (Å²) in [6.45, 7) is 1.85. The van der Waals surface area contributed by atoms with Gasteiger partial charge in [0.25, 0.3) is 0 Å². The van der Waals surface area contributed by atoms with Crippen LogP contribution in [0.15, 0.2) is 47.5 Å². The lowest BCUT2D eigenvalue weighted by molar-refractivity contribution is 0.924. The third kappa shape index (κ3) is 3.08. The number of H-pyrrole nitrogens is 1. The van der Waals surface area contributed by atoms with Gasteiger partial charge in [0.05, 0.1) is 0 Å². The summed E-state index contributed by atoms with van der Waals surface area (Å²) in [7, 11) is 0.